The van der Waals surface area contributed by atoms with Crippen LogP contribution in [-0.2, 0) is 0 Å². The van der Waals surface area contributed by atoms with Crippen LogP contribution in [0.5, 0.6) is 11.5 Å². The van der Waals surface area contributed by atoms with Gasteiger partial charge in [0.25, 0.3) is 5.91 Å². The number of thiocarbonyl (C=S) groups is 1. The van der Waals surface area contributed by atoms with E-state index in [2.05, 4.69) is 15.6 Å². The van der Waals surface area contributed by atoms with Gasteiger partial charge in [-0.05, 0) is 73.2 Å². The van der Waals surface area contributed by atoms with Crippen molar-refractivity contribution in [3.63, 3.8) is 0 Å². The molecular weight excluding hydrogens is 450 g/mol. The van der Waals surface area contributed by atoms with Gasteiger partial charge in [-0.25, -0.2) is 4.98 Å². The van der Waals surface area contributed by atoms with Crippen LogP contribution in [0, 0.1) is 6.92 Å². The number of anilines is 1. The van der Waals surface area contributed by atoms with E-state index in [0.29, 0.717) is 38.7 Å². The van der Waals surface area contributed by atoms with Gasteiger partial charge in [0.2, 0.25) is 5.89 Å². The largest absolute Gasteiger partial charge is 0.507 e. The molecule has 1 heterocycles. The maximum Gasteiger partial charge on any atom is 0.257 e. The summed E-state index contributed by atoms with van der Waals surface area (Å²) in [7, 11) is 1.49. The zero-order valence-corrected chi connectivity index (χ0v) is 18.7. The number of oxazole rings is 1. The van der Waals surface area contributed by atoms with Crippen LogP contribution in [0.1, 0.15) is 15.9 Å². The van der Waals surface area contributed by atoms with Gasteiger partial charge < -0.3 is 19.6 Å². The van der Waals surface area contributed by atoms with E-state index in [0.717, 1.165) is 5.56 Å². The minimum absolute atomic E-state index is 0.00153. The highest BCUT2D eigenvalue weighted by molar-refractivity contribution is 7.80. The Morgan fingerprint density at radius 3 is 2.72 bits per heavy atom. The zero-order valence-electron chi connectivity index (χ0n) is 17.1. The summed E-state index contributed by atoms with van der Waals surface area (Å²) in [5.41, 5.74) is 3.61. The second kappa shape index (κ2) is 8.86. The van der Waals surface area contributed by atoms with Gasteiger partial charge in [0.15, 0.2) is 10.7 Å². The Balaban J connectivity index is 1.51. The number of halogens is 1. The Labute approximate surface area is 194 Å². The summed E-state index contributed by atoms with van der Waals surface area (Å²) < 4.78 is 10.9. The second-order valence-corrected chi connectivity index (χ2v) is 7.80. The van der Waals surface area contributed by atoms with Crippen LogP contribution in [0.2, 0.25) is 5.02 Å². The number of aromatic nitrogens is 1. The quantitative estimate of drug-likeness (QED) is 0.277. The lowest BCUT2D eigenvalue weighted by molar-refractivity contribution is 0.0977. The summed E-state index contributed by atoms with van der Waals surface area (Å²) >= 11 is 11.3. The fourth-order valence-electron chi connectivity index (χ4n) is 3.08. The third kappa shape index (κ3) is 4.51. The van der Waals surface area contributed by atoms with Crippen molar-refractivity contribution in [3.8, 4) is 23.0 Å². The van der Waals surface area contributed by atoms with Crippen molar-refractivity contribution in [3.05, 3.63) is 70.7 Å². The molecule has 0 bridgehead atoms. The Hall–Kier alpha value is -3.62. The first-order valence-corrected chi connectivity index (χ1v) is 10.3. The first-order chi connectivity index (χ1) is 15.3. The normalized spacial score (nSPS) is 10.7. The summed E-state index contributed by atoms with van der Waals surface area (Å²) in [6.07, 6.45) is 0. The molecule has 1 aromatic heterocycles. The number of fused-ring (bicyclic) bond motifs is 1. The molecule has 1 amide bonds. The van der Waals surface area contributed by atoms with E-state index in [-0.39, 0.29) is 16.8 Å². The van der Waals surface area contributed by atoms with Gasteiger partial charge in [0.05, 0.1) is 17.7 Å². The number of amides is 1. The SMILES string of the molecule is COc1ccc(C(=O)NC(=S)Nc2ccc(O)c(-c3nc4cc(C)ccc4o3)c2)cc1Cl. The number of carbonyl (C=O) groups excluding carboxylic acids is 1. The second-order valence-electron chi connectivity index (χ2n) is 6.98. The Kier molecular flexibility index (Phi) is 5.98. The van der Waals surface area contributed by atoms with E-state index in [1.165, 1.54) is 19.2 Å². The lowest BCUT2D eigenvalue weighted by Crippen LogP contribution is -2.34. The number of methoxy groups -OCH3 is 1. The molecule has 4 rings (SSSR count). The predicted molar refractivity (Wildman–Crippen MR) is 128 cm³/mol. The van der Waals surface area contributed by atoms with Crippen LogP contribution in [0.25, 0.3) is 22.6 Å². The number of aryl methyl sites for hydroxylation is 1. The highest BCUT2D eigenvalue weighted by Gasteiger charge is 2.15. The first kappa shape index (κ1) is 21.6. The molecule has 162 valence electrons. The fraction of sp³-hybridized carbons (Fsp3) is 0.0870. The summed E-state index contributed by atoms with van der Waals surface area (Å²) in [6, 6.07) is 15.1. The topological polar surface area (TPSA) is 96.6 Å². The van der Waals surface area contributed by atoms with E-state index in [1.807, 2.05) is 25.1 Å². The lowest BCUT2D eigenvalue weighted by atomic mass is 10.1. The van der Waals surface area contributed by atoms with Gasteiger partial charge in [0, 0.05) is 11.3 Å². The molecule has 9 heteroatoms. The highest BCUT2D eigenvalue weighted by atomic mass is 35.5. The van der Waals surface area contributed by atoms with Crippen LogP contribution in [0.3, 0.4) is 0 Å². The first-order valence-electron chi connectivity index (χ1n) is 9.50. The number of rotatable bonds is 4. The standard InChI is InChI=1S/C23H18ClN3O4S/c1-12-3-7-20-17(9-12)26-22(31-20)15-11-14(5-6-18(15)28)25-23(32)27-21(29)13-4-8-19(30-2)16(24)10-13/h3-11,28H,1-2H3,(H2,25,27,29,32). The molecule has 0 radical (unpaired) electrons. The van der Waals surface area contributed by atoms with Crippen molar-refractivity contribution in [2.75, 3.05) is 12.4 Å². The van der Waals surface area contributed by atoms with Gasteiger partial charge in [0.1, 0.15) is 17.0 Å². The maximum absolute atomic E-state index is 12.5. The van der Waals surface area contributed by atoms with Crippen molar-refractivity contribution in [1.82, 2.24) is 10.3 Å². The molecule has 4 aromatic rings. The van der Waals surface area contributed by atoms with E-state index >= 15 is 0 Å². The van der Waals surface area contributed by atoms with Gasteiger partial charge >= 0.3 is 0 Å². The van der Waals surface area contributed by atoms with Crippen LogP contribution in [-0.4, -0.2) is 28.2 Å². The van der Waals surface area contributed by atoms with Gasteiger partial charge in [-0.3, -0.25) is 10.1 Å². The van der Waals surface area contributed by atoms with Crippen molar-refractivity contribution < 1.29 is 19.1 Å². The van der Waals surface area contributed by atoms with Crippen molar-refractivity contribution in [1.29, 1.82) is 0 Å². The number of benzene rings is 3. The lowest BCUT2D eigenvalue weighted by Gasteiger charge is -2.11. The molecule has 0 aliphatic carbocycles. The van der Waals surface area contributed by atoms with E-state index in [4.69, 9.17) is 33.0 Å². The zero-order chi connectivity index (χ0) is 22.8. The van der Waals surface area contributed by atoms with Gasteiger partial charge in [-0.1, -0.05) is 17.7 Å². The molecule has 0 aliphatic rings. The summed E-state index contributed by atoms with van der Waals surface area (Å²) in [4.78, 5) is 16.9. The minimum Gasteiger partial charge on any atom is -0.507 e. The van der Waals surface area contributed by atoms with Gasteiger partial charge in [-0.15, -0.1) is 0 Å². The van der Waals surface area contributed by atoms with Crippen molar-refractivity contribution in [2.45, 2.75) is 6.92 Å². The molecule has 3 aromatic carbocycles. The summed E-state index contributed by atoms with van der Waals surface area (Å²) in [6.45, 7) is 1.96. The third-order valence-corrected chi connectivity index (χ3v) is 5.17. The monoisotopic (exact) mass is 467 g/mol. The van der Waals surface area contributed by atoms with Crippen LogP contribution in [0.4, 0.5) is 5.69 Å². The number of aromatic hydroxyl groups is 1. The number of hydrogen-bond donors (Lipinski definition) is 3. The number of phenols is 1. The van der Waals surface area contributed by atoms with Crippen molar-refractivity contribution >= 4 is 51.6 Å². The van der Waals surface area contributed by atoms with Crippen LogP contribution in [0.15, 0.2) is 59.0 Å². The number of hydrogen-bond acceptors (Lipinski definition) is 6. The number of carbonyl (C=O) groups is 1. The van der Waals surface area contributed by atoms with E-state index in [9.17, 15) is 9.90 Å². The fourth-order valence-corrected chi connectivity index (χ4v) is 3.55. The van der Waals surface area contributed by atoms with Crippen molar-refractivity contribution in [2.24, 2.45) is 0 Å². The third-order valence-electron chi connectivity index (χ3n) is 4.67. The van der Waals surface area contributed by atoms with E-state index < -0.39 is 5.91 Å². The molecule has 3 N–H and O–H groups in total. The molecule has 0 atom stereocenters. The molecule has 32 heavy (non-hydrogen) atoms. The van der Waals surface area contributed by atoms with Crippen LogP contribution < -0.4 is 15.4 Å². The Morgan fingerprint density at radius 1 is 1.16 bits per heavy atom. The molecule has 0 unspecified atom stereocenters. The summed E-state index contributed by atoms with van der Waals surface area (Å²) in [5, 5.41) is 16.2. The predicted octanol–water partition coefficient (Wildman–Crippen LogP) is 5.30. The average Bonchev–Trinajstić information content (AvgIpc) is 3.17. The molecule has 0 aliphatic heterocycles. The molecule has 0 spiro atoms. The average molecular weight is 468 g/mol. The summed E-state index contributed by atoms with van der Waals surface area (Å²) in [5.74, 6) is 0.312. The van der Waals surface area contributed by atoms with Crippen LogP contribution >= 0.6 is 23.8 Å². The maximum atomic E-state index is 12.5. The number of phenolic OH excluding ortho intramolecular Hbond substituents is 1. The number of nitrogens with one attached hydrogen (secondary N) is 2. The molecule has 0 saturated heterocycles. The smallest absolute Gasteiger partial charge is 0.257 e. The number of ether oxygens (including phenoxy) is 1. The molecular formula is C23H18ClN3O4S. The number of nitrogens with zero attached hydrogens (tertiary/aromatic N) is 1. The van der Waals surface area contributed by atoms with Gasteiger partial charge in [-0.2, -0.15) is 0 Å². The molecule has 0 fully saturated rings. The Bertz CT molecular complexity index is 1350. The molecule has 7 nitrogen and oxygen atoms in total. The highest BCUT2D eigenvalue weighted by Crippen LogP contribution is 2.33. The Morgan fingerprint density at radius 2 is 1.97 bits per heavy atom. The van der Waals surface area contributed by atoms with E-state index in [1.54, 1.807) is 24.3 Å². The minimum atomic E-state index is -0.430. The molecule has 0 saturated carbocycles.